The normalized spacial score (nSPS) is 10.4. The van der Waals surface area contributed by atoms with E-state index in [-0.39, 0.29) is 6.61 Å². The molecule has 0 unspecified atom stereocenters. The van der Waals surface area contributed by atoms with E-state index in [1.54, 1.807) is 25.4 Å². The van der Waals surface area contributed by atoms with Crippen molar-refractivity contribution in [3.63, 3.8) is 0 Å². The van der Waals surface area contributed by atoms with Gasteiger partial charge in [0.05, 0.1) is 26.4 Å². The van der Waals surface area contributed by atoms with Gasteiger partial charge in [0, 0.05) is 19.4 Å². The summed E-state index contributed by atoms with van der Waals surface area (Å²) < 4.78 is 15.4. The second kappa shape index (κ2) is 8.04. The van der Waals surface area contributed by atoms with Crippen LogP contribution in [-0.2, 0) is 16.1 Å². The average Bonchev–Trinajstić information content (AvgIpc) is 2.34. The number of methoxy groups -OCH3 is 1. The second-order valence-corrected chi connectivity index (χ2v) is 3.12. The van der Waals surface area contributed by atoms with E-state index in [4.69, 9.17) is 19.3 Å². The molecule has 0 atom stereocenters. The van der Waals surface area contributed by atoms with Crippen LogP contribution < -0.4 is 4.74 Å². The van der Waals surface area contributed by atoms with E-state index in [1.165, 1.54) is 0 Å². The number of hydrogen-bond donors (Lipinski definition) is 1. The Morgan fingerprint density at radius 1 is 1.19 bits per heavy atom. The van der Waals surface area contributed by atoms with E-state index in [0.29, 0.717) is 32.3 Å². The third-order valence-electron chi connectivity index (χ3n) is 1.89. The van der Waals surface area contributed by atoms with Crippen molar-refractivity contribution in [1.29, 1.82) is 0 Å². The fourth-order valence-electron chi connectivity index (χ4n) is 1.04. The van der Waals surface area contributed by atoms with E-state index in [1.807, 2.05) is 0 Å². The summed E-state index contributed by atoms with van der Waals surface area (Å²) in [5, 5.41) is 8.81. The standard InChI is InChI=1S/C11H17NO4/c1-14-4-5-15-6-7-16-11-3-2-10(9-13)8-12-11/h2-3,8,13H,4-7,9H2,1H3. The van der Waals surface area contributed by atoms with Gasteiger partial charge >= 0.3 is 0 Å². The van der Waals surface area contributed by atoms with Crippen molar-refractivity contribution in [3.8, 4) is 5.88 Å². The van der Waals surface area contributed by atoms with Crippen molar-refractivity contribution in [2.24, 2.45) is 0 Å². The molecule has 0 fully saturated rings. The molecule has 1 N–H and O–H groups in total. The topological polar surface area (TPSA) is 60.8 Å². The van der Waals surface area contributed by atoms with E-state index in [0.717, 1.165) is 5.56 Å². The zero-order valence-electron chi connectivity index (χ0n) is 9.39. The maximum Gasteiger partial charge on any atom is 0.213 e. The summed E-state index contributed by atoms with van der Waals surface area (Å²) in [6.45, 7) is 2.11. The number of nitrogens with zero attached hydrogens (tertiary/aromatic N) is 1. The van der Waals surface area contributed by atoms with Crippen LogP contribution in [0.25, 0.3) is 0 Å². The molecule has 0 aliphatic carbocycles. The number of aliphatic hydroxyl groups excluding tert-OH is 1. The Balaban J connectivity index is 2.12. The summed E-state index contributed by atoms with van der Waals surface area (Å²) >= 11 is 0. The van der Waals surface area contributed by atoms with E-state index in [2.05, 4.69) is 4.98 Å². The molecule has 0 aromatic carbocycles. The molecule has 0 radical (unpaired) electrons. The van der Waals surface area contributed by atoms with Gasteiger partial charge in [-0.15, -0.1) is 0 Å². The minimum atomic E-state index is -0.00654. The summed E-state index contributed by atoms with van der Waals surface area (Å²) in [6, 6.07) is 3.49. The van der Waals surface area contributed by atoms with Crippen molar-refractivity contribution in [1.82, 2.24) is 4.98 Å². The van der Waals surface area contributed by atoms with Gasteiger partial charge in [-0.3, -0.25) is 0 Å². The smallest absolute Gasteiger partial charge is 0.213 e. The van der Waals surface area contributed by atoms with E-state index < -0.39 is 0 Å². The molecule has 90 valence electrons. The van der Waals surface area contributed by atoms with Crippen molar-refractivity contribution < 1.29 is 19.3 Å². The monoisotopic (exact) mass is 227 g/mol. The quantitative estimate of drug-likeness (QED) is 0.659. The fourth-order valence-corrected chi connectivity index (χ4v) is 1.04. The minimum absolute atomic E-state index is 0.00654. The summed E-state index contributed by atoms with van der Waals surface area (Å²) in [6.07, 6.45) is 1.58. The lowest BCUT2D eigenvalue weighted by molar-refractivity contribution is 0.0537. The Morgan fingerprint density at radius 3 is 2.62 bits per heavy atom. The van der Waals surface area contributed by atoms with Gasteiger partial charge < -0.3 is 19.3 Å². The SMILES string of the molecule is COCCOCCOc1ccc(CO)cn1. The number of aromatic nitrogens is 1. The molecule has 1 aromatic heterocycles. The molecule has 5 heteroatoms. The molecule has 0 bridgehead atoms. The maximum atomic E-state index is 8.81. The van der Waals surface area contributed by atoms with Crippen LogP contribution in [0.4, 0.5) is 0 Å². The van der Waals surface area contributed by atoms with Crippen LogP contribution in [0.15, 0.2) is 18.3 Å². The molecular formula is C11H17NO4. The molecule has 0 aliphatic heterocycles. The largest absolute Gasteiger partial charge is 0.475 e. The van der Waals surface area contributed by atoms with Crippen molar-refractivity contribution >= 4 is 0 Å². The van der Waals surface area contributed by atoms with Gasteiger partial charge in [0.25, 0.3) is 0 Å². The average molecular weight is 227 g/mol. The highest BCUT2D eigenvalue weighted by molar-refractivity contribution is 5.16. The summed E-state index contributed by atoms with van der Waals surface area (Å²) in [7, 11) is 1.63. The van der Waals surface area contributed by atoms with Gasteiger partial charge in [-0.05, 0) is 11.6 Å². The van der Waals surface area contributed by atoms with Crippen LogP contribution >= 0.6 is 0 Å². The zero-order valence-corrected chi connectivity index (χ0v) is 9.39. The predicted molar refractivity (Wildman–Crippen MR) is 58.3 cm³/mol. The van der Waals surface area contributed by atoms with Crippen molar-refractivity contribution in [2.75, 3.05) is 33.5 Å². The molecule has 0 saturated carbocycles. The summed E-state index contributed by atoms with van der Waals surface area (Å²) in [4.78, 5) is 4.02. The molecule has 1 heterocycles. The molecule has 5 nitrogen and oxygen atoms in total. The van der Waals surface area contributed by atoms with Crippen LogP contribution in [0.5, 0.6) is 5.88 Å². The third kappa shape index (κ3) is 5.06. The zero-order chi connectivity index (χ0) is 11.6. The fraction of sp³-hybridized carbons (Fsp3) is 0.545. The number of ether oxygens (including phenoxy) is 3. The Kier molecular flexibility index (Phi) is 6.48. The van der Waals surface area contributed by atoms with Gasteiger partial charge in [-0.1, -0.05) is 0 Å². The number of rotatable bonds is 8. The number of pyridine rings is 1. The molecule has 0 aliphatic rings. The van der Waals surface area contributed by atoms with E-state index >= 15 is 0 Å². The molecule has 1 rings (SSSR count). The first-order valence-corrected chi connectivity index (χ1v) is 5.12. The molecule has 16 heavy (non-hydrogen) atoms. The molecule has 0 amide bonds. The lowest BCUT2D eigenvalue weighted by Crippen LogP contribution is -2.10. The first kappa shape index (κ1) is 12.9. The highest BCUT2D eigenvalue weighted by Crippen LogP contribution is 2.06. The van der Waals surface area contributed by atoms with Gasteiger partial charge in [0.15, 0.2) is 0 Å². The van der Waals surface area contributed by atoms with Crippen molar-refractivity contribution in [3.05, 3.63) is 23.9 Å². The first-order valence-electron chi connectivity index (χ1n) is 5.12. The highest BCUT2D eigenvalue weighted by atomic mass is 16.5. The van der Waals surface area contributed by atoms with Gasteiger partial charge in [-0.2, -0.15) is 0 Å². The summed E-state index contributed by atoms with van der Waals surface area (Å²) in [5.41, 5.74) is 0.767. The predicted octanol–water partition coefficient (Wildman–Crippen LogP) is 0.616. The lowest BCUT2D eigenvalue weighted by atomic mass is 10.3. The molecule has 0 spiro atoms. The molecule has 1 aromatic rings. The molecule has 0 saturated heterocycles. The Morgan fingerprint density at radius 2 is 2.00 bits per heavy atom. The summed E-state index contributed by atoms with van der Waals surface area (Å²) in [5.74, 6) is 0.535. The van der Waals surface area contributed by atoms with Crippen molar-refractivity contribution in [2.45, 2.75) is 6.61 Å². The van der Waals surface area contributed by atoms with E-state index in [9.17, 15) is 0 Å². The second-order valence-electron chi connectivity index (χ2n) is 3.12. The van der Waals surface area contributed by atoms with Gasteiger partial charge in [-0.25, -0.2) is 4.98 Å². The molecular weight excluding hydrogens is 210 g/mol. The Bertz CT molecular complexity index is 276. The van der Waals surface area contributed by atoms with Crippen LogP contribution in [-0.4, -0.2) is 43.6 Å². The Hall–Kier alpha value is -1.17. The minimum Gasteiger partial charge on any atom is -0.475 e. The number of aliphatic hydroxyl groups is 1. The van der Waals surface area contributed by atoms with Crippen LogP contribution in [0.3, 0.4) is 0 Å². The maximum absolute atomic E-state index is 8.81. The Labute approximate surface area is 95.0 Å². The number of hydrogen-bond acceptors (Lipinski definition) is 5. The highest BCUT2D eigenvalue weighted by Gasteiger charge is 1.96. The lowest BCUT2D eigenvalue weighted by Gasteiger charge is -2.06. The first-order chi connectivity index (χ1) is 7.86. The van der Waals surface area contributed by atoms with Gasteiger partial charge in [0.2, 0.25) is 5.88 Å². The third-order valence-corrected chi connectivity index (χ3v) is 1.89. The van der Waals surface area contributed by atoms with Gasteiger partial charge in [0.1, 0.15) is 6.61 Å². The van der Waals surface area contributed by atoms with Crippen LogP contribution in [0.1, 0.15) is 5.56 Å². The van der Waals surface area contributed by atoms with Crippen LogP contribution in [0, 0.1) is 0 Å². The van der Waals surface area contributed by atoms with Crippen LogP contribution in [0.2, 0.25) is 0 Å².